The topological polar surface area (TPSA) is 56.1 Å². The fourth-order valence-electron chi connectivity index (χ4n) is 3.40. The Hall–Kier alpha value is -2.54. The number of ether oxygens (including phenoxy) is 2. The lowest BCUT2D eigenvalue weighted by Crippen LogP contribution is -2.39. The molecule has 130 valence electrons. The molecular formula is C18H19N3O3S. The van der Waals surface area contributed by atoms with Crippen molar-refractivity contribution >= 4 is 22.2 Å². The normalized spacial score (nSPS) is 16.8. The fraction of sp³-hybridized carbons (Fsp3) is 0.333. The van der Waals surface area contributed by atoms with Crippen molar-refractivity contribution in [2.24, 2.45) is 0 Å². The van der Waals surface area contributed by atoms with Crippen LogP contribution in [0.25, 0.3) is 4.96 Å². The second-order valence-corrected chi connectivity index (χ2v) is 6.92. The van der Waals surface area contributed by atoms with Crippen molar-refractivity contribution in [2.75, 3.05) is 20.8 Å². The van der Waals surface area contributed by atoms with Gasteiger partial charge in [0.25, 0.3) is 5.91 Å². The summed E-state index contributed by atoms with van der Waals surface area (Å²) >= 11 is 1.52. The van der Waals surface area contributed by atoms with Crippen molar-refractivity contribution in [3.05, 3.63) is 46.7 Å². The van der Waals surface area contributed by atoms with E-state index in [4.69, 9.17) is 9.47 Å². The minimum absolute atomic E-state index is 0.0381. The number of amides is 1. The highest BCUT2D eigenvalue weighted by Crippen LogP contribution is 2.38. The van der Waals surface area contributed by atoms with Gasteiger partial charge in [-0.05, 0) is 36.6 Å². The van der Waals surface area contributed by atoms with Gasteiger partial charge in [-0.3, -0.25) is 9.20 Å². The number of rotatable bonds is 3. The highest BCUT2D eigenvalue weighted by Gasteiger charge is 2.30. The number of hydrogen-bond donors (Lipinski definition) is 0. The SMILES string of the molecule is COc1cc2c(cc1OC)C(C)N(C(=O)c1cn3ccsc3n1)CC2. The van der Waals surface area contributed by atoms with E-state index in [-0.39, 0.29) is 11.9 Å². The molecule has 0 fully saturated rings. The monoisotopic (exact) mass is 357 g/mol. The van der Waals surface area contributed by atoms with Gasteiger partial charge in [-0.25, -0.2) is 4.98 Å². The molecule has 3 aromatic rings. The van der Waals surface area contributed by atoms with E-state index in [1.165, 1.54) is 16.9 Å². The maximum absolute atomic E-state index is 13.0. The number of benzene rings is 1. The van der Waals surface area contributed by atoms with Crippen LogP contribution in [0.15, 0.2) is 29.9 Å². The molecule has 0 saturated carbocycles. The van der Waals surface area contributed by atoms with Gasteiger partial charge in [-0.1, -0.05) is 0 Å². The van der Waals surface area contributed by atoms with E-state index in [9.17, 15) is 4.79 Å². The number of methoxy groups -OCH3 is 2. The third-order valence-electron chi connectivity index (χ3n) is 4.76. The molecule has 25 heavy (non-hydrogen) atoms. The number of fused-ring (bicyclic) bond motifs is 2. The van der Waals surface area contributed by atoms with Gasteiger partial charge >= 0.3 is 0 Å². The second-order valence-electron chi connectivity index (χ2n) is 6.05. The molecule has 6 nitrogen and oxygen atoms in total. The maximum Gasteiger partial charge on any atom is 0.274 e. The van der Waals surface area contributed by atoms with Crippen molar-refractivity contribution in [3.63, 3.8) is 0 Å². The van der Waals surface area contributed by atoms with E-state index in [2.05, 4.69) is 4.98 Å². The third kappa shape index (κ3) is 2.55. The third-order valence-corrected chi connectivity index (χ3v) is 5.53. The van der Waals surface area contributed by atoms with Crippen LogP contribution < -0.4 is 9.47 Å². The van der Waals surface area contributed by atoms with Gasteiger partial charge in [0.1, 0.15) is 5.69 Å². The molecule has 4 rings (SSSR count). The number of carbonyl (C=O) groups excluding carboxylic acids is 1. The van der Waals surface area contributed by atoms with Gasteiger partial charge in [0, 0.05) is 24.3 Å². The average Bonchev–Trinajstić information content (AvgIpc) is 3.22. The van der Waals surface area contributed by atoms with Crippen LogP contribution in [0, 0.1) is 0 Å². The lowest BCUT2D eigenvalue weighted by atomic mass is 9.92. The van der Waals surface area contributed by atoms with Crippen LogP contribution in [-0.4, -0.2) is 41.0 Å². The van der Waals surface area contributed by atoms with Gasteiger partial charge in [0.2, 0.25) is 0 Å². The van der Waals surface area contributed by atoms with E-state index in [0.717, 1.165) is 22.7 Å². The number of imidazole rings is 1. The molecule has 3 heterocycles. The first-order valence-electron chi connectivity index (χ1n) is 8.10. The summed E-state index contributed by atoms with van der Waals surface area (Å²) in [4.78, 5) is 20.1. The van der Waals surface area contributed by atoms with Gasteiger partial charge in [-0.15, -0.1) is 11.3 Å². The fourth-order valence-corrected chi connectivity index (χ4v) is 4.10. The lowest BCUT2D eigenvalue weighted by molar-refractivity contribution is 0.0672. The molecule has 1 unspecified atom stereocenters. The summed E-state index contributed by atoms with van der Waals surface area (Å²) in [6, 6.07) is 3.94. The van der Waals surface area contributed by atoms with Crippen LogP contribution in [0.2, 0.25) is 0 Å². The van der Waals surface area contributed by atoms with Crippen molar-refractivity contribution in [1.29, 1.82) is 0 Å². The summed E-state index contributed by atoms with van der Waals surface area (Å²) in [5.41, 5.74) is 2.78. The summed E-state index contributed by atoms with van der Waals surface area (Å²) in [6.45, 7) is 2.70. The molecule has 7 heteroatoms. The Morgan fingerprint density at radius 1 is 1.28 bits per heavy atom. The zero-order valence-corrected chi connectivity index (χ0v) is 15.2. The zero-order valence-electron chi connectivity index (χ0n) is 14.4. The number of aromatic nitrogens is 2. The van der Waals surface area contributed by atoms with Crippen molar-refractivity contribution in [2.45, 2.75) is 19.4 Å². The summed E-state index contributed by atoms with van der Waals surface area (Å²) < 4.78 is 12.7. The standard InChI is InChI=1S/C18H19N3O3S/c1-11-13-9-16(24-3)15(23-2)8-12(13)4-5-21(11)17(22)14-10-20-6-7-25-18(20)19-14/h6-11H,4-5H2,1-3H3. The predicted octanol–water partition coefficient (Wildman–Crippen LogP) is 3.17. The van der Waals surface area contributed by atoms with Crippen LogP contribution in [0.3, 0.4) is 0 Å². The van der Waals surface area contributed by atoms with Crippen molar-refractivity contribution in [3.8, 4) is 11.5 Å². The average molecular weight is 357 g/mol. The Bertz CT molecular complexity index is 918. The second kappa shape index (κ2) is 6.07. The van der Waals surface area contributed by atoms with Crippen LogP contribution in [0.1, 0.15) is 34.6 Å². The van der Waals surface area contributed by atoms with Crippen LogP contribution >= 0.6 is 11.3 Å². The Balaban J connectivity index is 1.67. The molecule has 0 bridgehead atoms. The Kier molecular flexibility index (Phi) is 3.88. The molecule has 1 atom stereocenters. The van der Waals surface area contributed by atoms with Crippen LogP contribution in [0.4, 0.5) is 0 Å². The summed E-state index contributed by atoms with van der Waals surface area (Å²) in [7, 11) is 3.26. The van der Waals surface area contributed by atoms with Gasteiger partial charge in [-0.2, -0.15) is 0 Å². The van der Waals surface area contributed by atoms with E-state index in [1.807, 2.05) is 39.9 Å². The predicted molar refractivity (Wildman–Crippen MR) is 95.8 cm³/mol. The summed E-state index contributed by atoms with van der Waals surface area (Å²) in [5, 5.41) is 1.95. The molecule has 0 spiro atoms. The van der Waals surface area contributed by atoms with Crippen molar-refractivity contribution in [1.82, 2.24) is 14.3 Å². The number of hydrogen-bond acceptors (Lipinski definition) is 5. The first kappa shape index (κ1) is 16.0. The van der Waals surface area contributed by atoms with Crippen LogP contribution in [-0.2, 0) is 6.42 Å². The molecule has 0 saturated heterocycles. The molecule has 1 aliphatic rings. The first-order chi connectivity index (χ1) is 12.1. The molecular weight excluding hydrogens is 338 g/mol. The first-order valence-corrected chi connectivity index (χ1v) is 8.98. The molecule has 0 N–H and O–H groups in total. The lowest BCUT2D eigenvalue weighted by Gasteiger charge is -2.35. The minimum Gasteiger partial charge on any atom is -0.493 e. The van der Waals surface area contributed by atoms with Gasteiger partial charge in [0.15, 0.2) is 16.5 Å². The van der Waals surface area contributed by atoms with Crippen molar-refractivity contribution < 1.29 is 14.3 Å². The molecule has 1 aliphatic heterocycles. The van der Waals surface area contributed by atoms with E-state index < -0.39 is 0 Å². The molecule has 1 aromatic carbocycles. The maximum atomic E-state index is 13.0. The van der Waals surface area contributed by atoms with Crippen LogP contribution in [0.5, 0.6) is 11.5 Å². The molecule has 0 aliphatic carbocycles. The molecule has 0 radical (unpaired) electrons. The highest BCUT2D eigenvalue weighted by atomic mass is 32.1. The highest BCUT2D eigenvalue weighted by molar-refractivity contribution is 7.15. The Morgan fingerprint density at radius 3 is 2.76 bits per heavy atom. The summed E-state index contributed by atoms with van der Waals surface area (Å²) in [5.74, 6) is 1.37. The quantitative estimate of drug-likeness (QED) is 0.722. The number of nitrogens with zero attached hydrogens (tertiary/aromatic N) is 3. The van der Waals surface area contributed by atoms with E-state index in [0.29, 0.717) is 18.0 Å². The Morgan fingerprint density at radius 2 is 2.04 bits per heavy atom. The zero-order chi connectivity index (χ0) is 17.6. The van der Waals surface area contributed by atoms with E-state index >= 15 is 0 Å². The Labute approximate surface area is 149 Å². The minimum atomic E-state index is -0.0456. The smallest absolute Gasteiger partial charge is 0.274 e. The van der Waals surface area contributed by atoms with Gasteiger partial charge in [0.05, 0.1) is 20.3 Å². The summed E-state index contributed by atoms with van der Waals surface area (Å²) in [6.07, 6.45) is 4.49. The van der Waals surface area contributed by atoms with Gasteiger partial charge < -0.3 is 14.4 Å². The molecule has 2 aromatic heterocycles. The number of carbonyl (C=O) groups is 1. The largest absolute Gasteiger partial charge is 0.493 e. The van der Waals surface area contributed by atoms with E-state index in [1.54, 1.807) is 20.4 Å². The number of thiazole rings is 1. The molecule has 1 amide bonds.